The standard InChI is InChI=1S/C10H16O2/c1-7-4-5-8(9(11)6-7)10(2,3)12/h5,7,12H,4,6H2,1-3H3. The molecule has 1 atom stereocenters. The molecule has 0 aromatic carbocycles. The molecule has 1 aliphatic rings. The van der Waals surface area contributed by atoms with E-state index in [1.807, 2.05) is 6.08 Å². The van der Waals surface area contributed by atoms with Gasteiger partial charge in [0.15, 0.2) is 5.78 Å². The summed E-state index contributed by atoms with van der Waals surface area (Å²) in [5.41, 5.74) is -0.377. The monoisotopic (exact) mass is 168 g/mol. The van der Waals surface area contributed by atoms with Gasteiger partial charge in [0.2, 0.25) is 0 Å². The molecule has 2 nitrogen and oxygen atoms in total. The Labute approximate surface area is 73.3 Å². The van der Waals surface area contributed by atoms with Crippen molar-refractivity contribution in [3.8, 4) is 0 Å². The molecule has 0 spiro atoms. The minimum absolute atomic E-state index is 0.0984. The molecule has 0 amide bonds. The number of carbonyl (C=O) groups excluding carboxylic acids is 1. The highest BCUT2D eigenvalue weighted by Crippen LogP contribution is 2.26. The third kappa shape index (κ3) is 1.95. The zero-order valence-electron chi connectivity index (χ0n) is 7.92. The predicted octanol–water partition coefficient (Wildman–Crippen LogP) is 1.68. The van der Waals surface area contributed by atoms with Gasteiger partial charge in [0.1, 0.15) is 0 Å². The van der Waals surface area contributed by atoms with E-state index in [2.05, 4.69) is 6.92 Å². The molecule has 1 aliphatic carbocycles. The summed E-state index contributed by atoms with van der Waals surface area (Å²) >= 11 is 0. The summed E-state index contributed by atoms with van der Waals surface area (Å²) in [6.45, 7) is 5.37. The summed E-state index contributed by atoms with van der Waals surface area (Å²) in [5.74, 6) is 0.532. The van der Waals surface area contributed by atoms with Gasteiger partial charge in [0, 0.05) is 12.0 Å². The lowest BCUT2D eigenvalue weighted by atomic mass is 9.83. The second-order valence-electron chi connectivity index (χ2n) is 4.14. The molecule has 0 radical (unpaired) electrons. The Morgan fingerprint density at radius 1 is 1.58 bits per heavy atom. The summed E-state index contributed by atoms with van der Waals surface area (Å²) in [5, 5.41) is 9.61. The molecular formula is C10H16O2. The molecule has 0 saturated heterocycles. The quantitative estimate of drug-likeness (QED) is 0.646. The van der Waals surface area contributed by atoms with Crippen LogP contribution in [0.4, 0.5) is 0 Å². The van der Waals surface area contributed by atoms with Gasteiger partial charge in [-0.3, -0.25) is 4.79 Å². The molecule has 12 heavy (non-hydrogen) atoms. The van der Waals surface area contributed by atoms with E-state index >= 15 is 0 Å². The van der Waals surface area contributed by atoms with Crippen LogP contribution in [0, 0.1) is 5.92 Å². The van der Waals surface area contributed by atoms with Crippen molar-refractivity contribution < 1.29 is 9.90 Å². The van der Waals surface area contributed by atoms with Crippen molar-refractivity contribution in [2.75, 3.05) is 0 Å². The van der Waals surface area contributed by atoms with E-state index in [-0.39, 0.29) is 5.78 Å². The summed E-state index contributed by atoms with van der Waals surface area (Å²) in [6.07, 6.45) is 3.36. The predicted molar refractivity (Wildman–Crippen MR) is 47.8 cm³/mol. The first kappa shape index (κ1) is 9.46. The summed E-state index contributed by atoms with van der Waals surface area (Å²) in [7, 11) is 0. The number of aliphatic hydroxyl groups is 1. The fraction of sp³-hybridized carbons (Fsp3) is 0.700. The molecule has 0 bridgehead atoms. The van der Waals surface area contributed by atoms with Crippen molar-refractivity contribution >= 4 is 5.78 Å². The molecule has 0 aromatic heterocycles. The van der Waals surface area contributed by atoms with E-state index in [0.717, 1.165) is 6.42 Å². The Morgan fingerprint density at radius 2 is 2.17 bits per heavy atom. The van der Waals surface area contributed by atoms with Gasteiger partial charge >= 0.3 is 0 Å². The first-order valence-corrected chi connectivity index (χ1v) is 4.37. The first-order chi connectivity index (χ1) is 5.41. The number of allylic oxidation sites excluding steroid dienone is 1. The molecule has 1 unspecified atom stereocenters. The minimum atomic E-state index is -0.961. The van der Waals surface area contributed by atoms with E-state index in [1.54, 1.807) is 13.8 Å². The van der Waals surface area contributed by atoms with Gasteiger partial charge in [0.25, 0.3) is 0 Å². The summed E-state index contributed by atoms with van der Waals surface area (Å²) in [6, 6.07) is 0. The summed E-state index contributed by atoms with van der Waals surface area (Å²) < 4.78 is 0. The van der Waals surface area contributed by atoms with Gasteiger partial charge in [-0.25, -0.2) is 0 Å². The van der Waals surface area contributed by atoms with Crippen LogP contribution in [0.15, 0.2) is 11.6 Å². The molecule has 1 N–H and O–H groups in total. The average Bonchev–Trinajstić information content (AvgIpc) is 1.83. The lowest BCUT2D eigenvalue weighted by molar-refractivity contribution is -0.118. The SMILES string of the molecule is CC1CC=C(C(C)(C)O)C(=O)C1. The van der Waals surface area contributed by atoms with Crippen LogP contribution in [0.25, 0.3) is 0 Å². The van der Waals surface area contributed by atoms with Crippen molar-refractivity contribution in [2.24, 2.45) is 5.92 Å². The van der Waals surface area contributed by atoms with Crippen molar-refractivity contribution in [1.82, 2.24) is 0 Å². The van der Waals surface area contributed by atoms with Crippen molar-refractivity contribution in [2.45, 2.75) is 39.2 Å². The highest BCUT2D eigenvalue weighted by Gasteiger charge is 2.28. The van der Waals surface area contributed by atoms with Gasteiger partial charge in [-0.15, -0.1) is 0 Å². The van der Waals surface area contributed by atoms with Crippen molar-refractivity contribution in [1.29, 1.82) is 0 Å². The molecule has 0 heterocycles. The highest BCUT2D eigenvalue weighted by molar-refractivity contribution is 5.97. The van der Waals surface area contributed by atoms with E-state index in [0.29, 0.717) is 17.9 Å². The Hall–Kier alpha value is -0.630. The second kappa shape index (κ2) is 3.02. The molecular weight excluding hydrogens is 152 g/mol. The molecule has 0 saturated carbocycles. The number of rotatable bonds is 1. The van der Waals surface area contributed by atoms with Gasteiger partial charge in [-0.2, -0.15) is 0 Å². The fourth-order valence-electron chi connectivity index (χ4n) is 1.53. The maximum absolute atomic E-state index is 11.4. The van der Waals surface area contributed by atoms with Crippen LogP contribution in [0.1, 0.15) is 33.6 Å². The third-order valence-electron chi connectivity index (χ3n) is 2.22. The van der Waals surface area contributed by atoms with Crippen molar-refractivity contribution in [3.05, 3.63) is 11.6 Å². The maximum atomic E-state index is 11.4. The van der Waals surface area contributed by atoms with E-state index in [1.165, 1.54) is 0 Å². The maximum Gasteiger partial charge on any atom is 0.161 e. The molecule has 0 aromatic rings. The van der Waals surface area contributed by atoms with Crippen molar-refractivity contribution in [3.63, 3.8) is 0 Å². The number of hydrogen-bond donors (Lipinski definition) is 1. The third-order valence-corrected chi connectivity index (χ3v) is 2.22. The van der Waals surface area contributed by atoms with Crippen LogP contribution in [0.3, 0.4) is 0 Å². The van der Waals surface area contributed by atoms with E-state index in [4.69, 9.17) is 0 Å². The lowest BCUT2D eigenvalue weighted by Crippen LogP contribution is -2.30. The Balaban J connectivity index is 2.85. The molecule has 0 aliphatic heterocycles. The van der Waals surface area contributed by atoms with E-state index in [9.17, 15) is 9.90 Å². The molecule has 1 rings (SSSR count). The van der Waals surface area contributed by atoms with Crippen LogP contribution in [-0.4, -0.2) is 16.5 Å². The molecule has 68 valence electrons. The Kier molecular flexibility index (Phi) is 2.38. The highest BCUT2D eigenvalue weighted by atomic mass is 16.3. The molecule has 2 heteroatoms. The van der Waals surface area contributed by atoms with Gasteiger partial charge in [0.05, 0.1) is 5.60 Å². The second-order valence-corrected chi connectivity index (χ2v) is 4.14. The largest absolute Gasteiger partial charge is 0.386 e. The van der Waals surface area contributed by atoms with Crippen LogP contribution in [0.5, 0.6) is 0 Å². The summed E-state index contributed by atoms with van der Waals surface area (Å²) in [4.78, 5) is 11.4. The van der Waals surface area contributed by atoms with Gasteiger partial charge in [-0.1, -0.05) is 13.0 Å². The lowest BCUT2D eigenvalue weighted by Gasteiger charge is -2.25. The average molecular weight is 168 g/mol. The van der Waals surface area contributed by atoms with Crippen LogP contribution >= 0.6 is 0 Å². The smallest absolute Gasteiger partial charge is 0.161 e. The topological polar surface area (TPSA) is 37.3 Å². The van der Waals surface area contributed by atoms with Gasteiger partial charge < -0.3 is 5.11 Å². The van der Waals surface area contributed by atoms with Crippen LogP contribution in [-0.2, 0) is 4.79 Å². The minimum Gasteiger partial charge on any atom is -0.386 e. The fourth-order valence-corrected chi connectivity index (χ4v) is 1.53. The van der Waals surface area contributed by atoms with Gasteiger partial charge in [-0.05, 0) is 26.2 Å². The zero-order chi connectivity index (χ0) is 9.35. The van der Waals surface area contributed by atoms with E-state index < -0.39 is 5.60 Å². The molecule has 0 fully saturated rings. The number of ketones is 1. The number of Topliss-reactive ketones (excluding diaryl/α,β-unsaturated/α-hetero) is 1. The Morgan fingerprint density at radius 3 is 2.58 bits per heavy atom. The number of carbonyl (C=O) groups is 1. The first-order valence-electron chi connectivity index (χ1n) is 4.37. The Bertz CT molecular complexity index is 220. The normalized spacial score (nSPS) is 25.5. The van der Waals surface area contributed by atoms with Crippen LogP contribution < -0.4 is 0 Å². The number of hydrogen-bond acceptors (Lipinski definition) is 2. The zero-order valence-corrected chi connectivity index (χ0v) is 7.92. The van der Waals surface area contributed by atoms with Crippen LogP contribution in [0.2, 0.25) is 0 Å².